The van der Waals surface area contributed by atoms with Gasteiger partial charge in [-0.2, -0.15) is 0 Å². The summed E-state index contributed by atoms with van der Waals surface area (Å²) >= 11 is 1.74. The van der Waals surface area contributed by atoms with E-state index in [9.17, 15) is 0 Å². The Kier molecular flexibility index (Phi) is 3.88. The number of nitrogens with zero attached hydrogens (tertiary/aromatic N) is 1. The van der Waals surface area contributed by atoms with Crippen LogP contribution >= 0.6 is 11.3 Å². The number of hydrogen-bond acceptors (Lipinski definition) is 4. The van der Waals surface area contributed by atoms with Gasteiger partial charge in [0.25, 0.3) is 0 Å². The highest BCUT2D eigenvalue weighted by atomic mass is 32.1. The summed E-state index contributed by atoms with van der Waals surface area (Å²) < 4.78 is 5.14. The van der Waals surface area contributed by atoms with Gasteiger partial charge in [0.1, 0.15) is 0 Å². The van der Waals surface area contributed by atoms with Gasteiger partial charge in [-0.15, -0.1) is 11.3 Å². The lowest BCUT2D eigenvalue weighted by Crippen LogP contribution is -2.18. The summed E-state index contributed by atoms with van der Waals surface area (Å²) in [6, 6.07) is 2.27. The minimum absolute atomic E-state index is 0.125. The molecule has 1 unspecified atom stereocenters. The largest absolute Gasteiger partial charge is 0.472 e. The maximum absolute atomic E-state index is 5.14. The zero-order valence-corrected chi connectivity index (χ0v) is 12.2. The lowest BCUT2D eigenvalue weighted by molar-refractivity contribution is 0.538. The quantitative estimate of drug-likeness (QED) is 0.918. The molecule has 1 N–H and O–H groups in total. The van der Waals surface area contributed by atoms with Crippen molar-refractivity contribution in [2.24, 2.45) is 0 Å². The van der Waals surface area contributed by atoms with E-state index < -0.39 is 0 Å². The van der Waals surface area contributed by atoms with Gasteiger partial charge in [-0.1, -0.05) is 20.8 Å². The van der Waals surface area contributed by atoms with Crippen LogP contribution in [-0.4, -0.2) is 12.0 Å². The van der Waals surface area contributed by atoms with Gasteiger partial charge in [-0.05, 0) is 13.1 Å². The third kappa shape index (κ3) is 3.00. The van der Waals surface area contributed by atoms with Crippen LogP contribution < -0.4 is 5.32 Å². The van der Waals surface area contributed by atoms with E-state index >= 15 is 0 Å². The second kappa shape index (κ2) is 5.24. The van der Waals surface area contributed by atoms with Crippen LogP contribution in [0.25, 0.3) is 0 Å². The summed E-state index contributed by atoms with van der Waals surface area (Å²) in [4.78, 5) is 4.73. The van der Waals surface area contributed by atoms with Gasteiger partial charge in [-0.3, -0.25) is 0 Å². The molecular weight excluding hydrogens is 244 g/mol. The van der Waals surface area contributed by atoms with E-state index in [1.165, 1.54) is 16.3 Å². The molecule has 0 saturated heterocycles. The van der Waals surface area contributed by atoms with E-state index in [-0.39, 0.29) is 11.5 Å². The lowest BCUT2D eigenvalue weighted by atomic mass is 9.93. The first kappa shape index (κ1) is 13.3. The highest BCUT2D eigenvalue weighted by Gasteiger charge is 2.19. The molecule has 18 heavy (non-hydrogen) atoms. The molecule has 0 spiro atoms. The molecule has 2 aromatic rings. The Hall–Kier alpha value is -1.13. The molecule has 2 rings (SSSR count). The van der Waals surface area contributed by atoms with Crippen LogP contribution in [0.3, 0.4) is 0 Å². The lowest BCUT2D eigenvalue weighted by Gasteiger charge is -2.15. The molecule has 0 aromatic carbocycles. The van der Waals surface area contributed by atoms with Gasteiger partial charge in [-0.25, -0.2) is 4.98 Å². The maximum Gasteiger partial charge on any atom is 0.0950 e. The molecule has 2 aromatic heterocycles. The fourth-order valence-corrected chi connectivity index (χ4v) is 2.85. The number of furan rings is 1. The summed E-state index contributed by atoms with van der Waals surface area (Å²) in [7, 11) is 1.97. The topological polar surface area (TPSA) is 38.1 Å². The van der Waals surface area contributed by atoms with E-state index in [2.05, 4.69) is 31.5 Å². The average Bonchev–Trinajstić information content (AvgIpc) is 2.95. The van der Waals surface area contributed by atoms with Crippen LogP contribution in [0.15, 0.2) is 28.4 Å². The molecule has 0 aliphatic rings. The molecule has 98 valence electrons. The van der Waals surface area contributed by atoms with Crippen LogP contribution in [0, 0.1) is 0 Å². The van der Waals surface area contributed by atoms with Crippen molar-refractivity contribution < 1.29 is 4.42 Å². The summed E-state index contributed by atoms with van der Waals surface area (Å²) in [5, 5.41) is 6.64. The molecule has 0 radical (unpaired) electrons. The summed E-state index contributed by atoms with van der Waals surface area (Å²) in [6.07, 6.45) is 4.40. The van der Waals surface area contributed by atoms with Crippen LogP contribution in [0.4, 0.5) is 0 Å². The predicted molar refractivity (Wildman–Crippen MR) is 75.0 cm³/mol. The van der Waals surface area contributed by atoms with Gasteiger partial charge >= 0.3 is 0 Å². The molecular formula is C14H20N2OS. The van der Waals surface area contributed by atoms with Crippen LogP contribution in [0.1, 0.15) is 43.1 Å². The number of aromatic nitrogens is 1. The minimum atomic E-state index is 0.125. The van der Waals surface area contributed by atoms with Crippen molar-refractivity contribution in [2.45, 2.75) is 38.6 Å². The Labute approximate surface area is 112 Å². The van der Waals surface area contributed by atoms with Crippen LogP contribution in [0.2, 0.25) is 0 Å². The first-order valence-electron chi connectivity index (χ1n) is 6.15. The Balaban J connectivity index is 2.11. The highest BCUT2D eigenvalue weighted by Crippen LogP contribution is 2.26. The summed E-state index contributed by atoms with van der Waals surface area (Å²) in [5.74, 6) is 0. The van der Waals surface area contributed by atoms with Crippen molar-refractivity contribution in [3.8, 4) is 0 Å². The Morgan fingerprint density at radius 3 is 2.72 bits per heavy atom. The normalized spacial score (nSPS) is 13.8. The number of rotatable bonds is 4. The smallest absolute Gasteiger partial charge is 0.0950 e. The van der Waals surface area contributed by atoms with Gasteiger partial charge in [0.2, 0.25) is 0 Å². The van der Waals surface area contributed by atoms with E-state index in [0.717, 1.165) is 6.42 Å². The van der Waals surface area contributed by atoms with E-state index in [4.69, 9.17) is 9.40 Å². The fraction of sp³-hybridized carbons (Fsp3) is 0.500. The van der Waals surface area contributed by atoms with Crippen molar-refractivity contribution in [1.29, 1.82) is 0 Å². The third-order valence-corrected chi connectivity index (χ3v) is 3.86. The molecule has 3 nitrogen and oxygen atoms in total. The molecule has 4 heteroatoms. The molecule has 1 atom stereocenters. The zero-order valence-electron chi connectivity index (χ0n) is 11.4. The molecule has 0 aliphatic carbocycles. The molecule has 0 bridgehead atoms. The van der Waals surface area contributed by atoms with Crippen molar-refractivity contribution in [2.75, 3.05) is 7.05 Å². The van der Waals surface area contributed by atoms with Crippen molar-refractivity contribution >= 4 is 11.3 Å². The Morgan fingerprint density at radius 1 is 1.44 bits per heavy atom. The Bertz CT molecular complexity index is 482. The average molecular weight is 264 g/mol. The molecule has 0 aliphatic heterocycles. The van der Waals surface area contributed by atoms with Gasteiger partial charge in [0, 0.05) is 28.8 Å². The molecule has 0 saturated carbocycles. The fourth-order valence-electron chi connectivity index (χ4n) is 1.78. The molecule has 0 fully saturated rings. The number of thiazole rings is 1. The number of nitrogens with one attached hydrogen (secondary N) is 1. The summed E-state index contributed by atoms with van der Waals surface area (Å²) in [5.41, 5.74) is 2.47. The van der Waals surface area contributed by atoms with E-state index in [1.54, 1.807) is 23.9 Å². The second-order valence-corrected chi connectivity index (χ2v) is 6.42. The number of likely N-dealkylation sites (N-methyl/N-ethyl adjacent to an activating group) is 1. The first-order valence-corrected chi connectivity index (χ1v) is 7.03. The van der Waals surface area contributed by atoms with Gasteiger partial charge in [0.05, 0.1) is 23.2 Å². The SMILES string of the molecule is CNC(Cc1nc(C(C)(C)C)cs1)c1ccoc1. The predicted octanol–water partition coefficient (Wildman–Crippen LogP) is 3.54. The monoisotopic (exact) mass is 264 g/mol. The van der Waals surface area contributed by atoms with Gasteiger partial charge in [0.15, 0.2) is 0 Å². The Morgan fingerprint density at radius 2 is 2.22 bits per heavy atom. The van der Waals surface area contributed by atoms with E-state index in [0.29, 0.717) is 0 Å². The number of hydrogen-bond donors (Lipinski definition) is 1. The van der Waals surface area contributed by atoms with Crippen molar-refractivity contribution in [1.82, 2.24) is 10.3 Å². The summed E-state index contributed by atoms with van der Waals surface area (Å²) in [6.45, 7) is 6.58. The maximum atomic E-state index is 5.14. The molecule has 0 amide bonds. The first-order chi connectivity index (χ1) is 8.50. The van der Waals surface area contributed by atoms with Crippen molar-refractivity contribution in [3.63, 3.8) is 0 Å². The molecule has 2 heterocycles. The van der Waals surface area contributed by atoms with Gasteiger partial charge < -0.3 is 9.73 Å². The minimum Gasteiger partial charge on any atom is -0.472 e. The van der Waals surface area contributed by atoms with E-state index in [1.807, 2.05) is 13.1 Å². The zero-order chi connectivity index (χ0) is 13.2. The van der Waals surface area contributed by atoms with Crippen LogP contribution in [-0.2, 0) is 11.8 Å². The van der Waals surface area contributed by atoms with Crippen molar-refractivity contribution in [3.05, 3.63) is 40.2 Å². The highest BCUT2D eigenvalue weighted by molar-refractivity contribution is 7.09. The standard InChI is InChI=1S/C14H20N2OS/c1-14(2,3)12-9-18-13(16-12)7-11(15-4)10-5-6-17-8-10/h5-6,8-9,11,15H,7H2,1-4H3. The second-order valence-electron chi connectivity index (χ2n) is 5.48. The van der Waals surface area contributed by atoms with Crippen LogP contribution in [0.5, 0.6) is 0 Å². The third-order valence-electron chi connectivity index (χ3n) is 2.99.